The first-order valence-corrected chi connectivity index (χ1v) is 12.7. The molecule has 1 atom stereocenters. The second-order valence-corrected chi connectivity index (χ2v) is 10.6. The lowest BCUT2D eigenvalue weighted by Gasteiger charge is -2.33. The third-order valence-corrected chi connectivity index (χ3v) is 6.75. The van der Waals surface area contributed by atoms with E-state index in [1.807, 2.05) is 39.0 Å². The van der Waals surface area contributed by atoms with E-state index in [0.717, 1.165) is 36.8 Å². The van der Waals surface area contributed by atoms with E-state index in [2.05, 4.69) is 5.32 Å². The van der Waals surface area contributed by atoms with Crippen molar-refractivity contribution in [2.75, 3.05) is 19.7 Å². The van der Waals surface area contributed by atoms with Crippen LogP contribution in [0.4, 0.5) is 4.79 Å². The number of amides is 3. The molecule has 1 aromatic heterocycles. The van der Waals surface area contributed by atoms with Gasteiger partial charge in [0, 0.05) is 33.2 Å². The van der Waals surface area contributed by atoms with Crippen molar-refractivity contribution in [3.8, 4) is 0 Å². The summed E-state index contributed by atoms with van der Waals surface area (Å²) >= 11 is 0. The zero-order valence-electron chi connectivity index (χ0n) is 21.5. The highest BCUT2D eigenvalue weighted by atomic mass is 16.6. The largest absolute Gasteiger partial charge is 0.444 e. The van der Waals surface area contributed by atoms with E-state index >= 15 is 0 Å². The second-order valence-electron chi connectivity index (χ2n) is 10.6. The fraction of sp³-hybridized carbons (Fsp3) is 0.615. The molecule has 0 aliphatic carbocycles. The third-order valence-electron chi connectivity index (χ3n) is 6.75. The van der Waals surface area contributed by atoms with Crippen LogP contribution in [0.25, 0.3) is 11.0 Å². The molecule has 0 saturated carbocycles. The minimum Gasteiger partial charge on any atom is -0.444 e. The molecule has 2 saturated heterocycles. The van der Waals surface area contributed by atoms with E-state index in [1.54, 1.807) is 16.5 Å². The molecular formula is C26H36N4O6. The van der Waals surface area contributed by atoms with Crippen molar-refractivity contribution >= 4 is 28.9 Å². The number of aryl methyl sites for hydroxylation is 2. The molecule has 196 valence electrons. The number of hydrogen-bond donors (Lipinski definition) is 1. The summed E-state index contributed by atoms with van der Waals surface area (Å²) in [6.45, 7) is 7.41. The second kappa shape index (κ2) is 10.5. The molecule has 0 spiro atoms. The first kappa shape index (κ1) is 25.9. The Labute approximate surface area is 210 Å². The van der Waals surface area contributed by atoms with E-state index in [4.69, 9.17) is 9.47 Å². The van der Waals surface area contributed by atoms with E-state index in [1.165, 1.54) is 4.57 Å². The summed E-state index contributed by atoms with van der Waals surface area (Å²) in [5.41, 5.74) is 1.75. The molecule has 10 nitrogen and oxygen atoms in total. The standard InChI is InChI=1S/C26H36N4O6/c1-26(2,3)36-25(34)29-14-12-18(13-15-29)35-16-6-8-17-7-5-9-19-22(17)28(4)24(33)30(19)20-10-11-21(31)27-23(20)32/h5,7,9,18,20H,6,8,10-16H2,1-4H3,(H,27,31,32). The highest BCUT2D eigenvalue weighted by Crippen LogP contribution is 2.26. The van der Waals surface area contributed by atoms with Gasteiger partial charge >= 0.3 is 11.8 Å². The van der Waals surface area contributed by atoms with Crippen molar-refractivity contribution in [3.05, 3.63) is 34.2 Å². The number of likely N-dealkylation sites (tertiary alicyclic amines) is 1. The van der Waals surface area contributed by atoms with Crippen LogP contribution in [0, 0.1) is 0 Å². The molecule has 0 radical (unpaired) electrons. The molecule has 10 heteroatoms. The van der Waals surface area contributed by atoms with Crippen molar-refractivity contribution in [2.24, 2.45) is 7.05 Å². The zero-order chi connectivity index (χ0) is 26.0. The van der Waals surface area contributed by atoms with Crippen LogP contribution in [-0.4, -0.2) is 63.3 Å². The van der Waals surface area contributed by atoms with Crippen molar-refractivity contribution in [1.29, 1.82) is 0 Å². The molecule has 2 aliphatic heterocycles. The highest BCUT2D eigenvalue weighted by molar-refractivity contribution is 6.00. The Morgan fingerprint density at radius 2 is 1.83 bits per heavy atom. The molecule has 2 fully saturated rings. The number of para-hydroxylation sites is 1. The van der Waals surface area contributed by atoms with Gasteiger partial charge in [-0.25, -0.2) is 9.59 Å². The lowest BCUT2D eigenvalue weighted by atomic mass is 10.0. The van der Waals surface area contributed by atoms with Crippen molar-refractivity contribution in [3.63, 3.8) is 0 Å². The highest BCUT2D eigenvalue weighted by Gasteiger charge is 2.31. The minimum absolute atomic E-state index is 0.109. The maximum Gasteiger partial charge on any atom is 0.410 e. The Balaban J connectivity index is 1.34. The Kier molecular flexibility index (Phi) is 7.54. The van der Waals surface area contributed by atoms with Gasteiger partial charge in [0.05, 0.1) is 17.1 Å². The van der Waals surface area contributed by atoms with Crippen molar-refractivity contribution in [2.45, 2.75) is 77.0 Å². The molecule has 1 N–H and O–H groups in total. The lowest BCUT2D eigenvalue weighted by Crippen LogP contribution is -2.44. The normalized spacial score (nSPS) is 19.6. The van der Waals surface area contributed by atoms with Crippen LogP contribution < -0.4 is 11.0 Å². The lowest BCUT2D eigenvalue weighted by molar-refractivity contribution is -0.135. The number of hydrogen-bond acceptors (Lipinski definition) is 6. The van der Waals surface area contributed by atoms with E-state index < -0.39 is 17.6 Å². The number of aromatic nitrogens is 2. The van der Waals surface area contributed by atoms with Gasteiger partial charge in [0.25, 0.3) is 0 Å². The first-order chi connectivity index (χ1) is 17.0. The molecule has 2 aromatic rings. The summed E-state index contributed by atoms with van der Waals surface area (Å²) in [5.74, 6) is -0.738. The summed E-state index contributed by atoms with van der Waals surface area (Å²) in [7, 11) is 1.71. The number of carbonyl (C=O) groups excluding carboxylic acids is 3. The number of ether oxygens (including phenoxy) is 2. The molecule has 0 bridgehead atoms. The van der Waals surface area contributed by atoms with Gasteiger partial charge in [-0.05, 0) is 64.5 Å². The summed E-state index contributed by atoms with van der Waals surface area (Å²) in [5, 5.41) is 2.34. The van der Waals surface area contributed by atoms with Gasteiger partial charge in [0.1, 0.15) is 11.6 Å². The summed E-state index contributed by atoms with van der Waals surface area (Å²) < 4.78 is 14.6. The molecule has 1 unspecified atom stereocenters. The van der Waals surface area contributed by atoms with Gasteiger partial charge in [-0.1, -0.05) is 12.1 Å². The van der Waals surface area contributed by atoms with Crippen molar-refractivity contribution < 1.29 is 23.9 Å². The maximum atomic E-state index is 13.1. The van der Waals surface area contributed by atoms with Gasteiger partial charge in [-0.3, -0.25) is 24.0 Å². The van der Waals surface area contributed by atoms with Gasteiger partial charge in [0.15, 0.2) is 0 Å². The Morgan fingerprint density at radius 3 is 2.50 bits per heavy atom. The SMILES string of the molecule is Cn1c(=O)n(C2CCC(=O)NC2=O)c2cccc(CCCOC3CCN(C(=O)OC(C)(C)C)CC3)c21. The van der Waals surface area contributed by atoms with Crippen LogP contribution in [0.3, 0.4) is 0 Å². The van der Waals surface area contributed by atoms with Gasteiger partial charge in [-0.2, -0.15) is 0 Å². The Bertz CT molecular complexity index is 1200. The molecular weight excluding hydrogens is 464 g/mol. The number of nitrogens with one attached hydrogen (secondary N) is 1. The van der Waals surface area contributed by atoms with Crippen LogP contribution in [0.1, 0.15) is 64.5 Å². The van der Waals surface area contributed by atoms with Crippen LogP contribution in [0.2, 0.25) is 0 Å². The van der Waals surface area contributed by atoms with E-state index in [0.29, 0.717) is 31.6 Å². The molecule has 3 amide bonds. The number of rotatable bonds is 6. The molecule has 36 heavy (non-hydrogen) atoms. The molecule has 3 heterocycles. The van der Waals surface area contributed by atoms with Crippen LogP contribution in [0.5, 0.6) is 0 Å². The predicted molar refractivity (Wildman–Crippen MR) is 134 cm³/mol. The number of benzene rings is 1. The number of imide groups is 1. The Hall–Kier alpha value is -3.14. The monoisotopic (exact) mass is 500 g/mol. The summed E-state index contributed by atoms with van der Waals surface area (Å²) in [6, 6.07) is 5.05. The van der Waals surface area contributed by atoms with Gasteiger partial charge in [0.2, 0.25) is 11.8 Å². The average molecular weight is 501 g/mol. The van der Waals surface area contributed by atoms with Crippen LogP contribution in [-0.2, 0) is 32.5 Å². The number of piperidine rings is 2. The number of carbonyl (C=O) groups is 3. The van der Waals surface area contributed by atoms with Crippen molar-refractivity contribution in [1.82, 2.24) is 19.4 Å². The number of imidazole rings is 1. The third kappa shape index (κ3) is 5.64. The Morgan fingerprint density at radius 1 is 1.11 bits per heavy atom. The fourth-order valence-corrected chi connectivity index (χ4v) is 5.00. The molecule has 4 rings (SSSR count). The average Bonchev–Trinajstić information content (AvgIpc) is 3.07. The summed E-state index contributed by atoms with van der Waals surface area (Å²) in [4.78, 5) is 51.0. The summed E-state index contributed by atoms with van der Waals surface area (Å²) in [6.07, 6.45) is 3.42. The predicted octanol–water partition coefficient (Wildman–Crippen LogP) is 2.67. The number of nitrogens with zero attached hydrogens (tertiary/aromatic N) is 3. The molecule has 2 aliphatic rings. The zero-order valence-corrected chi connectivity index (χ0v) is 21.5. The van der Waals surface area contributed by atoms with E-state index in [-0.39, 0.29) is 30.2 Å². The topological polar surface area (TPSA) is 112 Å². The smallest absolute Gasteiger partial charge is 0.410 e. The number of fused-ring (bicyclic) bond motifs is 1. The fourth-order valence-electron chi connectivity index (χ4n) is 5.00. The van der Waals surface area contributed by atoms with Gasteiger partial charge in [-0.15, -0.1) is 0 Å². The molecule has 1 aromatic carbocycles. The first-order valence-electron chi connectivity index (χ1n) is 12.7. The minimum atomic E-state index is -0.691. The maximum absolute atomic E-state index is 13.1. The van der Waals surface area contributed by atoms with Crippen LogP contribution in [0.15, 0.2) is 23.0 Å². The quantitative estimate of drug-likeness (QED) is 0.482. The van der Waals surface area contributed by atoms with Crippen LogP contribution >= 0.6 is 0 Å². The van der Waals surface area contributed by atoms with Gasteiger partial charge < -0.3 is 14.4 Å². The van der Waals surface area contributed by atoms with E-state index in [9.17, 15) is 19.2 Å².